The first-order valence-corrected chi connectivity index (χ1v) is 10.5. The number of carbonyl (C=O) groups excluding carboxylic acids is 3. The molecule has 1 atom stereocenters. The molecule has 0 bridgehead atoms. The molecule has 1 aromatic carbocycles. The second-order valence-electron chi connectivity index (χ2n) is 7.08. The number of hydrogen-bond acceptors (Lipinski definition) is 6. The first kappa shape index (κ1) is 20.9. The van der Waals surface area contributed by atoms with Crippen molar-refractivity contribution in [3.63, 3.8) is 0 Å². The monoisotopic (exact) mass is 415 g/mol. The van der Waals surface area contributed by atoms with Crippen LogP contribution in [0.3, 0.4) is 0 Å². The second kappa shape index (κ2) is 9.13. The summed E-state index contributed by atoms with van der Waals surface area (Å²) in [4.78, 5) is 37.8. The minimum atomic E-state index is -0.446. The van der Waals surface area contributed by atoms with Crippen molar-refractivity contribution in [3.05, 3.63) is 29.3 Å². The van der Waals surface area contributed by atoms with Crippen molar-refractivity contribution in [2.24, 2.45) is 5.92 Å². The van der Waals surface area contributed by atoms with Crippen molar-refractivity contribution < 1.29 is 14.4 Å². The average molecular weight is 416 g/mol. The van der Waals surface area contributed by atoms with Gasteiger partial charge in [-0.2, -0.15) is 0 Å². The van der Waals surface area contributed by atoms with Crippen molar-refractivity contribution in [1.82, 2.24) is 10.2 Å². The summed E-state index contributed by atoms with van der Waals surface area (Å²) in [5.74, 6) is -0.577. The summed E-state index contributed by atoms with van der Waals surface area (Å²) in [6, 6.07) is 6.99. The minimum Gasteiger partial charge on any atom is -0.326 e. The topological polar surface area (TPSA) is 104 Å². The molecule has 29 heavy (non-hydrogen) atoms. The van der Waals surface area contributed by atoms with Crippen molar-refractivity contribution in [2.75, 3.05) is 22.1 Å². The number of amides is 3. The molecule has 0 aliphatic carbocycles. The molecule has 0 saturated carbocycles. The lowest BCUT2D eigenvalue weighted by molar-refractivity contribution is -0.122. The Morgan fingerprint density at radius 2 is 1.86 bits per heavy atom. The van der Waals surface area contributed by atoms with Gasteiger partial charge in [0.25, 0.3) is 0 Å². The molecule has 2 aromatic rings. The number of aromatic nitrogens is 2. The lowest BCUT2D eigenvalue weighted by atomic mass is 10.1. The molecule has 1 aliphatic heterocycles. The lowest BCUT2D eigenvalue weighted by Gasteiger charge is -2.17. The SMILES string of the molecule is CCC(CC)c1nnc(NC(=O)[C@H]2CC(=O)N(c3ccc(NC(C)=O)cc3)C2)s1. The molecule has 1 aliphatic rings. The van der Waals surface area contributed by atoms with Crippen LogP contribution in [0.5, 0.6) is 0 Å². The maximum Gasteiger partial charge on any atom is 0.231 e. The molecule has 0 radical (unpaired) electrons. The van der Waals surface area contributed by atoms with Crippen molar-refractivity contribution in [2.45, 2.75) is 46.0 Å². The van der Waals surface area contributed by atoms with Gasteiger partial charge in [0.2, 0.25) is 22.9 Å². The van der Waals surface area contributed by atoms with Gasteiger partial charge >= 0.3 is 0 Å². The number of nitrogens with zero attached hydrogens (tertiary/aromatic N) is 3. The van der Waals surface area contributed by atoms with Crippen LogP contribution >= 0.6 is 11.3 Å². The van der Waals surface area contributed by atoms with Crippen LogP contribution in [0.4, 0.5) is 16.5 Å². The molecule has 2 heterocycles. The second-order valence-corrected chi connectivity index (χ2v) is 8.09. The van der Waals surface area contributed by atoms with E-state index in [1.807, 2.05) is 0 Å². The highest BCUT2D eigenvalue weighted by molar-refractivity contribution is 7.15. The Kier molecular flexibility index (Phi) is 6.58. The Labute approximate surface area is 173 Å². The zero-order valence-corrected chi connectivity index (χ0v) is 17.6. The first-order chi connectivity index (χ1) is 13.9. The Morgan fingerprint density at radius 3 is 2.48 bits per heavy atom. The summed E-state index contributed by atoms with van der Waals surface area (Å²) in [7, 11) is 0. The summed E-state index contributed by atoms with van der Waals surface area (Å²) in [6.45, 7) is 5.96. The Hall–Kier alpha value is -2.81. The zero-order valence-electron chi connectivity index (χ0n) is 16.8. The molecule has 1 saturated heterocycles. The molecule has 0 unspecified atom stereocenters. The van der Waals surface area contributed by atoms with Gasteiger partial charge in [-0.3, -0.25) is 14.4 Å². The fourth-order valence-corrected chi connectivity index (χ4v) is 4.37. The molecular formula is C20H25N5O3S. The van der Waals surface area contributed by atoms with Crippen LogP contribution in [0.25, 0.3) is 0 Å². The average Bonchev–Trinajstić information content (AvgIpc) is 3.30. The Bertz CT molecular complexity index is 892. The largest absolute Gasteiger partial charge is 0.326 e. The van der Waals surface area contributed by atoms with E-state index in [1.165, 1.54) is 18.3 Å². The van der Waals surface area contributed by atoms with E-state index in [2.05, 4.69) is 34.7 Å². The predicted octanol–water partition coefficient (Wildman–Crippen LogP) is 3.39. The molecule has 0 spiro atoms. The number of carbonyl (C=O) groups is 3. The van der Waals surface area contributed by atoms with Crippen molar-refractivity contribution in [1.29, 1.82) is 0 Å². The third-order valence-corrected chi connectivity index (χ3v) is 6.00. The molecule has 8 nitrogen and oxygen atoms in total. The van der Waals surface area contributed by atoms with Gasteiger partial charge < -0.3 is 15.5 Å². The normalized spacial score (nSPS) is 16.3. The highest BCUT2D eigenvalue weighted by Gasteiger charge is 2.35. The van der Waals surface area contributed by atoms with Crippen LogP contribution in [0.2, 0.25) is 0 Å². The van der Waals surface area contributed by atoms with E-state index in [-0.39, 0.29) is 24.1 Å². The molecule has 3 amide bonds. The van der Waals surface area contributed by atoms with Gasteiger partial charge in [-0.15, -0.1) is 10.2 Å². The molecule has 2 N–H and O–H groups in total. The van der Waals surface area contributed by atoms with Gasteiger partial charge in [-0.25, -0.2) is 0 Å². The molecular weight excluding hydrogens is 390 g/mol. The van der Waals surface area contributed by atoms with E-state index < -0.39 is 5.92 Å². The van der Waals surface area contributed by atoms with Crippen molar-refractivity contribution >= 4 is 45.6 Å². The Balaban J connectivity index is 1.62. The molecule has 1 aromatic heterocycles. The fraction of sp³-hybridized carbons (Fsp3) is 0.450. The zero-order chi connectivity index (χ0) is 21.0. The van der Waals surface area contributed by atoms with Crippen molar-refractivity contribution in [3.8, 4) is 0 Å². The van der Waals surface area contributed by atoms with Gasteiger partial charge in [0.1, 0.15) is 5.01 Å². The van der Waals surface area contributed by atoms with E-state index in [9.17, 15) is 14.4 Å². The van der Waals surface area contributed by atoms with Gasteiger partial charge in [0, 0.05) is 37.2 Å². The van der Waals surface area contributed by atoms with E-state index in [0.29, 0.717) is 29.0 Å². The van der Waals surface area contributed by atoms with Gasteiger partial charge in [-0.1, -0.05) is 25.2 Å². The molecule has 1 fully saturated rings. The van der Waals surface area contributed by atoms with Crippen LogP contribution < -0.4 is 15.5 Å². The highest BCUT2D eigenvalue weighted by atomic mass is 32.1. The lowest BCUT2D eigenvalue weighted by Crippen LogP contribution is -2.28. The summed E-state index contributed by atoms with van der Waals surface area (Å²) in [6.07, 6.45) is 2.11. The summed E-state index contributed by atoms with van der Waals surface area (Å²) in [5, 5.41) is 15.2. The maximum atomic E-state index is 12.6. The fourth-order valence-electron chi connectivity index (χ4n) is 3.36. The van der Waals surface area contributed by atoms with Crippen LogP contribution in [-0.2, 0) is 14.4 Å². The van der Waals surface area contributed by atoms with Gasteiger partial charge in [0.05, 0.1) is 5.92 Å². The van der Waals surface area contributed by atoms with Gasteiger partial charge in [-0.05, 0) is 37.1 Å². The van der Waals surface area contributed by atoms with Crippen LogP contribution in [0, 0.1) is 5.92 Å². The summed E-state index contributed by atoms with van der Waals surface area (Å²) >= 11 is 1.39. The number of rotatable bonds is 7. The molecule has 9 heteroatoms. The summed E-state index contributed by atoms with van der Waals surface area (Å²) in [5.41, 5.74) is 1.36. The maximum absolute atomic E-state index is 12.6. The van der Waals surface area contributed by atoms with Crippen LogP contribution in [0.1, 0.15) is 51.0 Å². The first-order valence-electron chi connectivity index (χ1n) is 9.73. The highest BCUT2D eigenvalue weighted by Crippen LogP contribution is 2.30. The van der Waals surface area contributed by atoms with E-state index in [1.54, 1.807) is 29.2 Å². The van der Waals surface area contributed by atoms with E-state index in [0.717, 1.165) is 17.8 Å². The smallest absolute Gasteiger partial charge is 0.231 e. The summed E-state index contributed by atoms with van der Waals surface area (Å²) < 4.78 is 0. The third-order valence-electron chi connectivity index (χ3n) is 5.00. The molecule has 154 valence electrons. The molecule has 3 rings (SSSR count). The van der Waals surface area contributed by atoms with Gasteiger partial charge in [0.15, 0.2) is 0 Å². The number of nitrogens with one attached hydrogen (secondary N) is 2. The van der Waals surface area contributed by atoms with E-state index in [4.69, 9.17) is 0 Å². The van der Waals surface area contributed by atoms with E-state index >= 15 is 0 Å². The standard InChI is InChI=1S/C20H25N5O3S/c1-4-13(5-2)19-23-24-20(29-19)22-18(28)14-10-17(27)25(11-14)16-8-6-15(7-9-16)21-12(3)26/h6-9,13-14H,4-5,10-11H2,1-3H3,(H,21,26)(H,22,24,28)/t14-/m0/s1. The number of hydrogen-bond donors (Lipinski definition) is 2. The van der Waals surface area contributed by atoms with Crippen LogP contribution in [0.15, 0.2) is 24.3 Å². The quantitative estimate of drug-likeness (QED) is 0.721. The third kappa shape index (κ3) is 4.97. The Morgan fingerprint density at radius 1 is 1.17 bits per heavy atom. The number of anilines is 3. The van der Waals surface area contributed by atoms with Crippen LogP contribution in [-0.4, -0.2) is 34.5 Å². The predicted molar refractivity (Wildman–Crippen MR) is 113 cm³/mol. The minimum absolute atomic E-state index is 0.104. The number of benzene rings is 1.